The first-order valence-corrected chi connectivity index (χ1v) is 14.4. The minimum Gasteiger partial charge on any atom is -0.479 e. The zero-order valence-corrected chi connectivity index (χ0v) is 23.8. The first-order chi connectivity index (χ1) is 20.4. The quantitative estimate of drug-likeness (QED) is 0.299. The minimum absolute atomic E-state index is 0.0537. The summed E-state index contributed by atoms with van der Waals surface area (Å²) in [5.41, 5.74) is 4.25. The largest absolute Gasteiger partial charge is 0.479 e. The second kappa shape index (κ2) is 13.2. The molecule has 1 aliphatic heterocycles. The van der Waals surface area contributed by atoms with Crippen molar-refractivity contribution in [3.8, 4) is 11.1 Å². The zero-order chi connectivity index (χ0) is 29.5. The van der Waals surface area contributed by atoms with E-state index in [1.165, 1.54) is 0 Å². The second-order valence-corrected chi connectivity index (χ2v) is 10.9. The highest BCUT2D eigenvalue weighted by Gasteiger charge is 2.46. The number of nitrogens with zero attached hydrogens (tertiary/aromatic N) is 1. The molecule has 0 bridgehead atoms. The fraction of sp³-hybridized carbons (Fsp3) is 0.364. The summed E-state index contributed by atoms with van der Waals surface area (Å²) in [4.78, 5) is 40.0. The van der Waals surface area contributed by atoms with Crippen LogP contribution in [0.4, 0.5) is 4.79 Å². The normalized spacial score (nSPS) is 18.6. The maximum atomic E-state index is 13.0. The number of ether oxygens (including phenoxy) is 2. The summed E-state index contributed by atoms with van der Waals surface area (Å²) in [7, 11) is 0. The van der Waals surface area contributed by atoms with Gasteiger partial charge in [0.05, 0.1) is 12.5 Å². The Hall–Kier alpha value is -4.21. The van der Waals surface area contributed by atoms with E-state index in [1.807, 2.05) is 59.5 Å². The van der Waals surface area contributed by atoms with Gasteiger partial charge in [0, 0.05) is 38.7 Å². The number of carbonyl (C=O) groups excluding carboxylic acids is 2. The molecular formula is C33H37N3O6. The Morgan fingerprint density at radius 3 is 2.26 bits per heavy atom. The molecule has 2 atom stereocenters. The van der Waals surface area contributed by atoms with Gasteiger partial charge in [-0.25, -0.2) is 9.59 Å². The highest BCUT2D eigenvalue weighted by Crippen LogP contribution is 2.44. The lowest BCUT2D eigenvalue weighted by molar-refractivity contribution is -0.147. The van der Waals surface area contributed by atoms with Crippen molar-refractivity contribution in [1.29, 1.82) is 0 Å². The van der Waals surface area contributed by atoms with Gasteiger partial charge in [0.25, 0.3) is 0 Å². The molecule has 0 saturated carbocycles. The number of hydrogen-bond donors (Lipinski definition) is 3. The van der Waals surface area contributed by atoms with Crippen molar-refractivity contribution in [2.45, 2.75) is 43.9 Å². The molecular weight excluding hydrogens is 534 g/mol. The SMILES string of the molecule is CCOC(CNC(=O)OCC1c2ccccc2-c2ccccc21)CC(=O)NC1(C(=O)O)CCN(Cc2ccccc2)C1. The van der Waals surface area contributed by atoms with E-state index in [9.17, 15) is 19.5 Å². The molecule has 1 fully saturated rings. The van der Waals surface area contributed by atoms with Crippen molar-refractivity contribution < 1.29 is 29.0 Å². The van der Waals surface area contributed by atoms with Gasteiger partial charge >= 0.3 is 12.1 Å². The highest BCUT2D eigenvalue weighted by molar-refractivity contribution is 5.88. The van der Waals surface area contributed by atoms with Gasteiger partial charge in [-0.1, -0.05) is 78.9 Å². The van der Waals surface area contributed by atoms with Crippen LogP contribution in [0.1, 0.15) is 42.4 Å². The number of amides is 2. The summed E-state index contributed by atoms with van der Waals surface area (Å²) in [6, 6.07) is 26.1. The molecule has 1 heterocycles. The monoisotopic (exact) mass is 571 g/mol. The topological polar surface area (TPSA) is 117 Å². The molecule has 2 unspecified atom stereocenters. The Balaban J connectivity index is 1.13. The lowest BCUT2D eigenvalue weighted by Gasteiger charge is -2.27. The zero-order valence-electron chi connectivity index (χ0n) is 23.8. The molecule has 3 aromatic rings. The predicted molar refractivity (Wildman–Crippen MR) is 158 cm³/mol. The summed E-state index contributed by atoms with van der Waals surface area (Å²) in [6.45, 7) is 3.74. The Morgan fingerprint density at radius 1 is 0.976 bits per heavy atom. The molecule has 9 nitrogen and oxygen atoms in total. The standard InChI is InChI=1S/C33H37N3O6/c1-2-41-24(18-30(37)35-33(31(38)39)16-17-36(22-33)20-23-10-4-3-5-11-23)19-34-32(40)42-21-29-27-14-8-6-12-25(27)26-13-7-9-15-28(26)29/h3-15,24,29H,2,16-22H2,1H3,(H,34,40)(H,35,37)(H,38,39). The summed E-state index contributed by atoms with van der Waals surface area (Å²) < 4.78 is 11.3. The van der Waals surface area contributed by atoms with E-state index in [0.717, 1.165) is 27.8 Å². The van der Waals surface area contributed by atoms with Crippen molar-refractivity contribution in [3.63, 3.8) is 0 Å². The number of alkyl carbamates (subject to hydrolysis) is 1. The van der Waals surface area contributed by atoms with Crippen LogP contribution < -0.4 is 10.6 Å². The van der Waals surface area contributed by atoms with Crippen LogP contribution in [0.25, 0.3) is 11.1 Å². The number of rotatable bonds is 12. The van der Waals surface area contributed by atoms with E-state index in [0.29, 0.717) is 26.1 Å². The maximum absolute atomic E-state index is 13.0. The number of carboxylic acids is 1. The fourth-order valence-electron chi connectivity index (χ4n) is 5.99. The van der Waals surface area contributed by atoms with Crippen LogP contribution in [0.5, 0.6) is 0 Å². The van der Waals surface area contributed by atoms with E-state index in [2.05, 4.69) is 34.9 Å². The minimum atomic E-state index is -1.37. The molecule has 1 aliphatic carbocycles. The molecule has 2 aliphatic rings. The molecule has 220 valence electrons. The van der Waals surface area contributed by atoms with Crippen molar-refractivity contribution in [2.75, 3.05) is 32.8 Å². The third-order valence-corrected chi connectivity index (χ3v) is 8.02. The number of fused-ring (bicyclic) bond motifs is 3. The Bertz CT molecular complexity index is 1370. The molecule has 9 heteroatoms. The number of hydrogen-bond acceptors (Lipinski definition) is 6. The van der Waals surface area contributed by atoms with E-state index >= 15 is 0 Å². The third kappa shape index (κ3) is 6.64. The third-order valence-electron chi connectivity index (χ3n) is 8.02. The predicted octanol–water partition coefficient (Wildman–Crippen LogP) is 4.17. The van der Waals surface area contributed by atoms with Crippen LogP contribution in [0.2, 0.25) is 0 Å². The Morgan fingerprint density at radius 2 is 1.62 bits per heavy atom. The average molecular weight is 572 g/mol. The second-order valence-electron chi connectivity index (χ2n) is 10.9. The van der Waals surface area contributed by atoms with Gasteiger partial charge in [0.15, 0.2) is 5.54 Å². The van der Waals surface area contributed by atoms with E-state index in [-0.39, 0.29) is 32.0 Å². The molecule has 0 aromatic heterocycles. The molecule has 42 heavy (non-hydrogen) atoms. The molecule has 2 amide bonds. The van der Waals surface area contributed by atoms with Crippen molar-refractivity contribution >= 4 is 18.0 Å². The molecule has 0 spiro atoms. The Kier molecular flexibility index (Phi) is 9.19. The first-order valence-electron chi connectivity index (χ1n) is 14.4. The van der Waals surface area contributed by atoms with E-state index in [1.54, 1.807) is 6.92 Å². The summed E-state index contributed by atoms with van der Waals surface area (Å²) in [5.74, 6) is -1.56. The number of aliphatic carboxylic acids is 1. The van der Waals surface area contributed by atoms with Crippen LogP contribution in [0, 0.1) is 0 Å². The number of carboxylic acid groups (broad SMARTS) is 1. The number of carbonyl (C=O) groups is 3. The van der Waals surface area contributed by atoms with Crippen molar-refractivity contribution in [1.82, 2.24) is 15.5 Å². The van der Waals surface area contributed by atoms with Gasteiger partial charge in [-0.05, 0) is 41.2 Å². The fourth-order valence-corrected chi connectivity index (χ4v) is 5.99. The maximum Gasteiger partial charge on any atom is 0.407 e. The lowest BCUT2D eigenvalue weighted by Crippen LogP contribution is -2.57. The van der Waals surface area contributed by atoms with Crippen LogP contribution >= 0.6 is 0 Å². The van der Waals surface area contributed by atoms with Crippen LogP contribution in [-0.2, 0) is 25.6 Å². The van der Waals surface area contributed by atoms with Crippen LogP contribution in [0.15, 0.2) is 78.9 Å². The van der Waals surface area contributed by atoms with Gasteiger partial charge in [0.2, 0.25) is 5.91 Å². The van der Waals surface area contributed by atoms with Gasteiger partial charge in [-0.3, -0.25) is 9.69 Å². The molecule has 3 aromatic carbocycles. The lowest BCUT2D eigenvalue weighted by atomic mass is 9.98. The van der Waals surface area contributed by atoms with Crippen LogP contribution in [0.3, 0.4) is 0 Å². The summed E-state index contributed by atoms with van der Waals surface area (Å²) in [5, 5.41) is 15.5. The Labute approximate surface area is 245 Å². The van der Waals surface area contributed by atoms with Gasteiger partial charge in [-0.15, -0.1) is 0 Å². The smallest absolute Gasteiger partial charge is 0.407 e. The molecule has 1 saturated heterocycles. The number of likely N-dealkylation sites (tertiary alicyclic amines) is 1. The van der Waals surface area contributed by atoms with Gasteiger partial charge < -0.3 is 25.2 Å². The highest BCUT2D eigenvalue weighted by atomic mass is 16.5. The van der Waals surface area contributed by atoms with Gasteiger partial charge in [0.1, 0.15) is 6.61 Å². The van der Waals surface area contributed by atoms with Crippen molar-refractivity contribution in [3.05, 3.63) is 95.6 Å². The van der Waals surface area contributed by atoms with E-state index in [4.69, 9.17) is 9.47 Å². The van der Waals surface area contributed by atoms with Crippen molar-refractivity contribution in [2.24, 2.45) is 0 Å². The molecule has 3 N–H and O–H groups in total. The van der Waals surface area contributed by atoms with Crippen LogP contribution in [-0.4, -0.2) is 72.5 Å². The molecule has 5 rings (SSSR count). The van der Waals surface area contributed by atoms with E-state index < -0.39 is 29.6 Å². The van der Waals surface area contributed by atoms with Gasteiger partial charge in [-0.2, -0.15) is 0 Å². The summed E-state index contributed by atoms with van der Waals surface area (Å²) >= 11 is 0. The first kappa shape index (κ1) is 29.3. The number of benzene rings is 3. The summed E-state index contributed by atoms with van der Waals surface area (Å²) in [6.07, 6.45) is -1.02. The molecule has 0 radical (unpaired) electrons. The number of nitrogens with one attached hydrogen (secondary N) is 2. The average Bonchev–Trinajstić information content (AvgIpc) is 3.54.